The molecule has 0 saturated carbocycles. The lowest BCUT2D eigenvalue weighted by Crippen LogP contribution is -2.47. The molecule has 30 heavy (non-hydrogen) atoms. The Bertz CT molecular complexity index is 1100. The number of carbonyl (C=O) groups is 2. The Labute approximate surface area is 178 Å². The molecule has 158 valence electrons. The van der Waals surface area contributed by atoms with Gasteiger partial charge in [-0.1, -0.05) is 18.2 Å². The van der Waals surface area contributed by atoms with E-state index < -0.39 is 23.7 Å². The van der Waals surface area contributed by atoms with Gasteiger partial charge in [0.25, 0.3) is 11.8 Å². The lowest BCUT2D eigenvalue weighted by atomic mass is 10.1. The van der Waals surface area contributed by atoms with Crippen LogP contribution in [0.1, 0.15) is 33.3 Å². The van der Waals surface area contributed by atoms with Crippen LogP contribution >= 0.6 is 11.3 Å². The summed E-state index contributed by atoms with van der Waals surface area (Å²) >= 11 is 1.14. The van der Waals surface area contributed by atoms with Gasteiger partial charge in [-0.3, -0.25) is 20.4 Å². The van der Waals surface area contributed by atoms with Crippen LogP contribution in [0.3, 0.4) is 0 Å². The van der Waals surface area contributed by atoms with E-state index in [1.54, 1.807) is 25.1 Å². The highest BCUT2D eigenvalue weighted by atomic mass is 32.1. The molecule has 0 spiro atoms. The SMILES string of the molecule is COCc1c(C(=O)NNC(=O)C(C)Oc2cccc(C)c2C)sc2cccc(F)c12. The van der Waals surface area contributed by atoms with Crippen LogP contribution in [0, 0.1) is 19.7 Å². The molecule has 3 aromatic rings. The van der Waals surface area contributed by atoms with Crippen molar-refractivity contribution < 1.29 is 23.5 Å². The van der Waals surface area contributed by atoms with Crippen molar-refractivity contribution in [2.24, 2.45) is 0 Å². The molecule has 1 atom stereocenters. The van der Waals surface area contributed by atoms with Gasteiger partial charge in [-0.05, 0) is 50.1 Å². The van der Waals surface area contributed by atoms with E-state index in [1.165, 1.54) is 13.2 Å². The molecule has 0 fully saturated rings. The maximum Gasteiger partial charge on any atom is 0.280 e. The van der Waals surface area contributed by atoms with Crippen molar-refractivity contribution in [1.29, 1.82) is 0 Å². The smallest absolute Gasteiger partial charge is 0.280 e. The zero-order valence-corrected chi connectivity index (χ0v) is 18.0. The second-order valence-corrected chi connectivity index (χ2v) is 7.91. The standard InChI is InChI=1S/C22H23FN2O4S/c1-12-7-5-9-17(13(12)2)29-14(3)21(26)24-25-22(27)20-15(11-28-4)19-16(23)8-6-10-18(19)30-20/h5-10,14H,11H2,1-4H3,(H,24,26)(H,25,27). The number of hydrazine groups is 1. The summed E-state index contributed by atoms with van der Waals surface area (Å²) in [5, 5.41) is 0.354. The highest BCUT2D eigenvalue weighted by Crippen LogP contribution is 2.33. The summed E-state index contributed by atoms with van der Waals surface area (Å²) in [6, 6.07) is 10.2. The van der Waals surface area contributed by atoms with E-state index in [-0.39, 0.29) is 11.5 Å². The summed E-state index contributed by atoms with van der Waals surface area (Å²) in [5.41, 5.74) is 7.20. The van der Waals surface area contributed by atoms with Gasteiger partial charge in [0.2, 0.25) is 0 Å². The van der Waals surface area contributed by atoms with E-state index in [1.807, 2.05) is 26.0 Å². The summed E-state index contributed by atoms with van der Waals surface area (Å²) in [6.45, 7) is 5.53. The molecule has 0 bridgehead atoms. The highest BCUT2D eigenvalue weighted by Gasteiger charge is 2.22. The fourth-order valence-corrected chi connectivity index (χ4v) is 4.12. The van der Waals surface area contributed by atoms with E-state index in [2.05, 4.69) is 10.9 Å². The van der Waals surface area contributed by atoms with Crippen molar-refractivity contribution in [3.8, 4) is 5.75 Å². The Morgan fingerprint density at radius 3 is 2.60 bits per heavy atom. The Morgan fingerprint density at radius 2 is 1.87 bits per heavy atom. The van der Waals surface area contributed by atoms with Crippen molar-refractivity contribution >= 4 is 33.2 Å². The van der Waals surface area contributed by atoms with Gasteiger partial charge in [0.1, 0.15) is 16.4 Å². The molecule has 0 radical (unpaired) electrons. The first-order valence-electron chi connectivity index (χ1n) is 9.35. The molecule has 1 heterocycles. The summed E-state index contributed by atoms with van der Waals surface area (Å²) in [4.78, 5) is 25.3. The van der Waals surface area contributed by atoms with Crippen LogP contribution in [-0.2, 0) is 16.1 Å². The lowest BCUT2D eigenvalue weighted by Gasteiger charge is -2.17. The van der Waals surface area contributed by atoms with E-state index in [0.717, 1.165) is 22.5 Å². The van der Waals surface area contributed by atoms with Gasteiger partial charge in [-0.2, -0.15) is 0 Å². The Morgan fingerprint density at radius 1 is 1.13 bits per heavy atom. The second kappa shape index (κ2) is 9.23. The summed E-state index contributed by atoms with van der Waals surface area (Å²) in [7, 11) is 1.47. The Balaban J connectivity index is 1.70. The Kier molecular flexibility index (Phi) is 6.69. The average Bonchev–Trinajstić information content (AvgIpc) is 3.09. The molecular weight excluding hydrogens is 407 g/mol. The lowest BCUT2D eigenvalue weighted by molar-refractivity contribution is -0.128. The summed E-state index contributed by atoms with van der Waals surface area (Å²) in [6.07, 6.45) is -0.830. The second-order valence-electron chi connectivity index (χ2n) is 6.86. The predicted octanol–water partition coefficient (Wildman–Crippen LogP) is 4.03. The van der Waals surface area contributed by atoms with E-state index in [0.29, 0.717) is 21.4 Å². The molecule has 3 rings (SSSR count). The van der Waals surface area contributed by atoms with Crippen molar-refractivity contribution in [3.63, 3.8) is 0 Å². The third kappa shape index (κ3) is 4.44. The zero-order chi connectivity index (χ0) is 21.8. The van der Waals surface area contributed by atoms with Crippen molar-refractivity contribution in [2.75, 3.05) is 7.11 Å². The number of aryl methyl sites for hydroxylation is 1. The molecule has 2 aromatic carbocycles. The molecule has 2 N–H and O–H groups in total. The normalized spacial score (nSPS) is 11.9. The number of nitrogens with one attached hydrogen (secondary N) is 2. The van der Waals surface area contributed by atoms with Gasteiger partial charge < -0.3 is 9.47 Å². The summed E-state index contributed by atoms with van der Waals surface area (Å²) in [5.74, 6) is -0.874. The number of amides is 2. The van der Waals surface area contributed by atoms with Gasteiger partial charge >= 0.3 is 0 Å². The van der Waals surface area contributed by atoms with Gasteiger partial charge in [-0.25, -0.2) is 4.39 Å². The van der Waals surface area contributed by atoms with Crippen molar-refractivity contribution in [1.82, 2.24) is 10.9 Å². The van der Waals surface area contributed by atoms with Crippen LogP contribution in [0.4, 0.5) is 4.39 Å². The van der Waals surface area contributed by atoms with Crippen LogP contribution in [0.15, 0.2) is 36.4 Å². The zero-order valence-electron chi connectivity index (χ0n) is 17.2. The molecule has 6 nitrogen and oxygen atoms in total. The van der Waals surface area contributed by atoms with Crippen molar-refractivity contribution in [2.45, 2.75) is 33.5 Å². The Hall–Kier alpha value is -2.97. The third-order valence-corrected chi connectivity index (χ3v) is 5.98. The van der Waals surface area contributed by atoms with Gasteiger partial charge in [0, 0.05) is 22.8 Å². The minimum absolute atomic E-state index is 0.0732. The number of halogens is 1. The molecule has 0 aliphatic heterocycles. The van der Waals surface area contributed by atoms with Crippen LogP contribution in [-0.4, -0.2) is 25.0 Å². The number of thiophene rings is 1. The fraction of sp³-hybridized carbons (Fsp3) is 0.273. The van der Waals surface area contributed by atoms with Crippen LogP contribution in [0.5, 0.6) is 5.75 Å². The quantitative estimate of drug-likeness (QED) is 0.579. The molecule has 8 heteroatoms. The van der Waals surface area contributed by atoms with Gasteiger partial charge in [0.05, 0.1) is 6.61 Å². The maximum atomic E-state index is 14.3. The molecule has 2 amide bonds. The van der Waals surface area contributed by atoms with E-state index in [4.69, 9.17) is 9.47 Å². The fourth-order valence-electron chi connectivity index (χ4n) is 3.01. The van der Waals surface area contributed by atoms with Gasteiger partial charge in [-0.15, -0.1) is 11.3 Å². The number of rotatable bonds is 6. The minimum atomic E-state index is -0.830. The van der Waals surface area contributed by atoms with Crippen LogP contribution in [0.2, 0.25) is 0 Å². The molecule has 1 unspecified atom stereocenters. The van der Waals surface area contributed by atoms with E-state index >= 15 is 0 Å². The highest BCUT2D eigenvalue weighted by molar-refractivity contribution is 7.21. The number of fused-ring (bicyclic) bond motifs is 1. The van der Waals surface area contributed by atoms with Gasteiger partial charge in [0.15, 0.2) is 6.10 Å². The molecule has 1 aromatic heterocycles. The minimum Gasteiger partial charge on any atom is -0.481 e. The van der Waals surface area contributed by atoms with Crippen LogP contribution in [0.25, 0.3) is 10.1 Å². The number of carbonyl (C=O) groups excluding carboxylic acids is 2. The number of hydrogen-bond donors (Lipinski definition) is 2. The molecule has 0 aliphatic rings. The monoisotopic (exact) mass is 430 g/mol. The summed E-state index contributed by atoms with van der Waals surface area (Å²) < 4.78 is 25.8. The number of methoxy groups -OCH3 is 1. The number of ether oxygens (including phenoxy) is 2. The maximum absolute atomic E-state index is 14.3. The first-order valence-corrected chi connectivity index (χ1v) is 10.2. The third-order valence-electron chi connectivity index (χ3n) is 4.79. The molecular formula is C22H23FN2O4S. The molecule has 0 saturated heterocycles. The largest absolute Gasteiger partial charge is 0.481 e. The van der Waals surface area contributed by atoms with Crippen molar-refractivity contribution in [3.05, 3.63) is 63.8 Å². The first-order chi connectivity index (χ1) is 14.3. The average molecular weight is 431 g/mol. The van der Waals surface area contributed by atoms with E-state index in [9.17, 15) is 14.0 Å². The van der Waals surface area contributed by atoms with Crippen LogP contribution < -0.4 is 15.6 Å². The number of benzene rings is 2. The predicted molar refractivity (Wildman–Crippen MR) is 114 cm³/mol. The molecule has 0 aliphatic carbocycles. The number of hydrogen-bond acceptors (Lipinski definition) is 5. The first kappa shape index (κ1) is 21.7. The topological polar surface area (TPSA) is 76.7 Å².